The van der Waals surface area contributed by atoms with Crippen molar-refractivity contribution in [1.29, 1.82) is 0 Å². The third kappa shape index (κ3) is 6.83. The molecular formula is C31H33BrN2O9S. The predicted molar refractivity (Wildman–Crippen MR) is 167 cm³/mol. The fourth-order valence-electron chi connectivity index (χ4n) is 4.67. The lowest BCUT2D eigenvalue weighted by molar-refractivity contribution is -0.143. The number of hydrogen-bond donors (Lipinski definition) is 0. The SMILES string of the molecule is CCOC(=O)C1=C(C)N=c2s/c(=C/c3cc(Br)c(OC)c(OCC)c3)c(=O)n2[C@H]1c1ccc(OCC(=O)OC)c(OCC)c1. The molecule has 13 heteroatoms. The van der Waals surface area contributed by atoms with E-state index in [9.17, 15) is 14.4 Å². The van der Waals surface area contributed by atoms with E-state index in [2.05, 4.69) is 25.7 Å². The Morgan fingerprint density at radius 3 is 2.39 bits per heavy atom. The van der Waals surface area contributed by atoms with E-state index >= 15 is 0 Å². The van der Waals surface area contributed by atoms with Gasteiger partial charge in [0, 0.05) is 0 Å². The Morgan fingerprint density at radius 2 is 1.73 bits per heavy atom. The molecule has 0 N–H and O–H groups in total. The van der Waals surface area contributed by atoms with Gasteiger partial charge in [-0.1, -0.05) is 17.4 Å². The molecule has 1 atom stereocenters. The van der Waals surface area contributed by atoms with Gasteiger partial charge in [-0.3, -0.25) is 9.36 Å². The maximum absolute atomic E-state index is 14.1. The van der Waals surface area contributed by atoms with Gasteiger partial charge in [-0.25, -0.2) is 14.6 Å². The van der Waals surface area contributed by atoms with E-state index < -0.39 is 18.0 Å². The normalized spacial score (nSPS) is 14.4. The van der Waals surface area contributed by atoms with Crippen LogP contribution in [0, 0.1) is 0 Å². The van der Waals surface area contributed by atoms with Crippen molar-refractivity contribution in [2.75, 3.05) is 40.6 Å². The summed E-state index contributed by atoms with van der Waals surface area (Å²) < 4.78 is 35.3. The summed E-state index contributed by atoms with van der Waals surface area (Å²) in [5, 5.41) is 0. The van der Waals surface area contributed by atoms with Gasteiger partial charge in [0.15, 0.2) is 34.4 Å². The number of fused-ring (bicyclic) bond motifs is 1. The number of rotatable bonds is 12. The average Bonchev–Trinajstić information content (AvgIpc) is 3.29. The second-order valence-corrected chi connectivity index (χ2v) is 11.1. The van der Waals surface area contributed by atoms with Gasteiger partial charge in [-0.2, -0.15) is 0 Å². The van der Waals surface area contributed by atoms with Gasteiger partial charge >= 0.3 is 11.9 Å². The molecule has 0 unspecified atom stereocenters. The lowest BCUT2D eigenvalue weighted by Gasteiger charge is -2.25. The summed E-state index contributed by atoms with van der Waals surface area (Å²) >= 11 is 4.72. The third-order valence-electron chi connectivity index (χ3n) is 6.51. The number of carbonyl (C=O) groups excluding carboxylic acids is 2. The average molecular weight is 690 g/mol. The summed E-state index contributed by atoms with van der Waals surface area (Å²) in [4.78, 5) is 44.1. The van der Waals surface area contributed by atoms with E-state index in [0.29, 0.717) is 66.8 Å². The highest BCUT2D eigenvalue weighted by molar-refractivity contribution is 9.10. The highest BCUT2D eigenvalue weighted by Gasteiger charge is 2.34. The number of carbonyl (C=O) groups is 2. The van der Waals surface area contributed by atoms with Crippen molar-refractivity contribution in [3.05, 3.63) is 76.9 Å². The number of benzene rings is 2. The van der Waals surface area contributed by atoms with Gasteiger partial charge < -0.3 is 28.4 Å². The molecule has 0 amide bonds. The molecule has 234 valence electrons. The Balaban J connectivity index is 1.91. The number of ether oxygens (including phenoxy) is 6. The van der Waals surface area contributed by atoms with Crippen LogP contribution in [-0.2, 0) is 19.1 Å². The second kappa shape index (κ2) is 14.6. The van der Waals surface area contributed by atoms with E-state index in [-0.39, 0.29) is 24.3 Å². The molecule has 0 bridgehead atoms. The van der Waals surface area contributed by atoms with Gasteiger partial charge in [0.1, 0.15) is 0 Å². The van der Waals surface area contributed by atoms with Crippen LogP contribution in [0.2, 0.25) is 0 Å². The maximum Gasteiger partial charge on any atom is 0.343 e. The van der Waals surface area contributed by atoms with E-state index in [0.717, 1.165) is 0 Å². The Hall–Kier alpha value is -4.10. The van der Waals surface area contributed by atoms with Crippen molar-refractivity contribution in [2.24, 2.45) is 4.99 Å². The van der Waals surface area contributed by atoms with E-state index in [1.165, 1.54) is 23.0 Å². The fraction of sp³-hybridized carbons (Fsp3) is 0.355. The Labute approximate surface area is 266 Å². The van der Waals surface area contributed by atoms with Crippen LogP contribution in [0.25, 0.3) is 6.08 Å². The van der Waals surface area contributed by atoms with E-state index in [1.807, 2.05) is 19.9 Å². The monoisotopic (exact) mass is 688 g/mol. The number of methoxy groups -OCH3 is 2. The first-order chi connectivity index (χ1) is 21.2. The summed E-state index contributed by atoms with van der Waals surface area (Å²) in [6.07, 6.45) is 1.74. The van der Waals surface area contributed by atoms with Crippen molar-refractivity contribution < 1.29 is 38.0 Å². The lowest BCUT2D eigenvalue weighted by Crippen LogP contribution is -2.40. The van der Waals surface area contributed by atoms with Crippen molar-refractivity contribution in [3.8, 4) is 23.0 Å². The Kier molecular flexibility index (Phi) is 10.9. The molecule has 0 aliphatic carbocycles. The van der Waals surface area contributed by atoms with Crippen LogP contribution in [0.3, 0.4) is 0 Å². The lowest BCUT2D eigenvalue weighted by atomic mass is 9.95. The first-order valence-corrected chi connectivity index (χ1v) is 15.4. The predicted octanol–water partition coefficient (Wildman–Crippen LogP) is 3.92. The third-order valence-corrected chi connectivity index (χ3v) is 8.08. The van der Waals surface area contributed by atoms with Crippen molar-refractivity contribution >= 4 is 45.3 Å². The molecular weight excluding hydrogens is 656 g/mol. The zero-order valence-electron chi connectivity index (χ0n) is 25.2. The number of aromatic nitrogens is 1. The van der Waals surface area contributed by atoms with Crippen LogP contribution in [0.4, 0.5) is 0 Å². The zero-order valence-corrected chi connectivity index (χ0v) is 27.6. The fourth-order valence-corrected chi connectivity index (χ4v) is 6.34. The molecule has 11 nitrogen and oxygen atoms in total. The number of halogens is 1. The zero-order chi connectivity index (χ0) is 32.0. The van der Waals surface area contributed by atoms with Gasteiger partial charge in [-0.05, 0) is 85.1 Å². The Morgan fingerprint density at radius 1 is 1.00 bits per heavy atom. The number of thiazole rings is 1. The summed E-state index contributed by atoms with van der Waals surface area (Å²) in [7, 11) is 2.82. The number of nitrogens with zero attached hydrogens (tertiary/aromatic N) is 2. The van der Waals surface area contributed by atoms with E-state index in [1.54, 1.807) is 51.3 Å². The van der Waals surface area contributed by atoms with Crippen LogP contribution in [0.15, 0.2) is 55.9 Å². The highest BCUT2D eigenvalue weighted by Crippen LogP contribution is 2.38. The summed E-state index contributed by atoms with van der Waals surface area (Å²) in [5.74, 6) is 0.577. The molecule has 0 fully saturated rings. The van der Waals surface area contributed by atoms with Crippen LogP contribution in [0.1, 0.15) is 44.9 Å². The molecule has 3 aromatic rings. The van der Waals surface area contributed by atoms with Crippen molar-refractivity contribution in [3.63, 3.8) is 0 Å². The quantitative estimate of drug-likeness (QED) is 0.261. The van der Waals surface area contributed by atoms with Gasteiger partial charge in [-0.15, -0.1) is 0 Å². The number of hydrogen-bond acceptors (Lipinski definition) is 11. The van der Waals surface area contributed by atoms with E-state index in [4.69, 9.17) is 23.7 Å². The second-order valence-electron chi connectivity index (χ2n) is 9.27. The Bertz CT molecular complexity index is 1780. The molecule has 1 aliphatic rings. The summed E-state index contributed by atoms with van der Waals surface area (Å²) in [6, 6.07) is 7.77. The topological polar surface area (TPSA) is 124 Å². The first kappa shape index (κ1) is 32.8. The maximum atomic E-state index is 14.1. The summed E-state index contributed by atoms with van der Waals surface area (Å²) in [6.45, 7) is 7.67. The number of esters is 2. The first-order valence-electron chi connectivity index (χ1n) is 13.8. The highest BCUT2D eigenvalue weighted by atomic mass is 79.9. The van der Waals surface area contributed by atoms with Crippen LogP contribution in [-0.4, -0.2) is 57.2 Å². The molecule has 4 rings (SSSR count). The van der Waals surface area contributed by atoms with Crippen LogP contribution < -0.4 is 33.8 Å². The molecule has 2 aromatic carbocycles. The minimum atomic E-state index is -0.872. The minimum Gasteiger partial charge on any atom is -0.492 e. The smallest absolute Gasteiger partial charge is 0.343 e. The van der Waals surface area contributed by atoms with Gasteiger partial charge in [0.25, 0.3) is 5.56 Å². The summed E-state index contributed by atoms with van der Waals surface area (Å²) in [5.41, 5.74) is 1.57. The molecule has 0 saturated heterocycles. The largest absolute Gasteiger partial charge is 0.492 e. The molecule has 1 aromatic heterocycles. The van der Waals surface area contributed by atoms with Gasteiger partial charge in [0.2, 0.25) is 0 Å². The minimum absolute atomic E-state index is 0.145. The molecule has 0 spiro atoms. The van der Waals surface area contributed by atoms with Crippen molar-refractivity contribution in [1.82, 2.24) is 4.57 Å². The van der Waals surface area contributed by atoms with Crippen molar-refractivity contribution in [2.45, 2.75) is 33.7 Å². The van der Waals surface area contributed by atoms with Crippen LogP contribution in [0.5, 0.6) is 23.0 Å². The molecule has 1 aliphatic heterocycles. The van der Waals surface area contributed by atoms with Gasteiger partial charge in [0.05, 0.1) is 60.4 Å². The number of allylic oxidation sites excluding steroid dienone is 1. The molecule has 0 radical (unpaired) electrons. The molecule has 2 heterocycles. The standard InChI is InChI=1S/C31H33BrN2O9S/c1-7-40-22-15-19(10-11-21(22)43-16-25(35)38-5)27-26(30(37)42-9-3)17(4)33-31-34(27)29(36)24(44-31)14-18-12-20(32)28(39-6)23(13-18)41-8-2/h10-15,27H,7-9,16H2,1-6H3/b24-14+/t27-/m0/s1. The molecule has 44 heavy (non-hydrogen) atoms. The molecule has 0 saturated carbocycles. The van der Waals surface area contributed by atoms with Crippen LogP contribution >= 0.6 is 27.3 Å².